The Bertz CT molecular complexity index is 1340. The van der Waals surface area contributed by atoms with Crippen molar-refractivity contribution in [2.75, 3.05) is 16.0 Å². The van der Waals surface area contributed by atoms with Crippen LogP contribution in [0.25, 0.3) is 10.9 Å². The van der Waals surface area contributed by atoms with E-state index in [-0.39, 0.29) is 28.6 Å². The van der Waals surface area contributed by atoms with Crippen molar-refractivity contribution in [2.45, 2.75) is 30.3 Å². The molecule has 0 spiro atoms. The van der Waals surface area contributed by atoms with Gasteiger partial charge in [-0.15, -0.1) is 6.58 Å². The molecule has 2 amide bonds. The van der Waals surface area contributed by atoms with Gasteiger partial charge in [-0.3, -0.25) is 23.9 Å². The van der Waals surface area contributed by atoms with E-state index in [1.54, 1.807) is 30.3 Å². The summed E-state index contributed by atoms with van der Waals surface area (Å²) in [4.78, 5) is 43.2. The fourth-order valence-corrected chi connectivity index (χ4v) is 4.61. The van der Waals surface area contributed by atoms with E-state index >= 15 is 0 Å². The van der Waals surface area contributed by atoms with E-state index in [0.29, 0.717) is 15.8 Å². The molecule has 0 radical (unpaired) electrons. The molecule has 176 valence electrons. The van der Waals surface area contributed by atoms with Crippen LogP contribution in [0.4, 0.5) is 24.5 Å². The van der Waals surface area contributed by atoms with Crippen LogP contribution in [-0.2, 0) is 16.1 Å². The Morgan fingerprint density at radius 3 is 2.62 bits per heavy atom. The van der Waals surface area contributed by atoms with E-state index < -0.39 is 36.2 Å². The first kappa shape index (κ1) is 23.6. The second-order valence-electron chi connectivity index (χ2n) is 7.50. The molecule has 2 heterocycles. The van der Waals surface area contributed by atoms with Gasteiger partial charge in [-0.1, -0.05) is 42.1 Å². The zero-order chi connectivity index (χ0) is 24.5. The van der Waals surface area contributed by atoms with Crippen molar-refractivity contribution in [3.8, 4) is 0 Å². The van der Waals surface area contributed by atoms with Crippen LogP contribution in [0.3, 0.4) is 0 Å². The molecule has 1 aliphatic heterocycles. The number of rotatable bonds is 5. The molecule has 0 saturated carbocycles. The number of anilines is 2. The molecule has 0 saturated heterocycles. The lowest BCUT2D eigenvalue weighted by Gasteiger charge is -2.31. The third-order valence-corrected chi connectivity index (χ3v) is 6.20. The molecule has 1 N–H and O–H groups in total. The summed E-state index contributed by atoms with van der Waals surface area (Å²) in [6.45, 7) is 3.75. The number of para-hydroxylation sites is 3. The zero-order valence-electron chi connectivity index (χ0n) is 17.7. The largest absolute Gasteiger partial charge is 0.409 e. The number of alkyl halides is 3. The molecule has 0 fully saturated rings. The number of carbonyl (C=O) groups is 2. The average molecular weight is 488 g/mol. The number of hydrogen-bond donors (Lipinski definition) is 1. The van der Waals surface area contributed by atoms with Crippen LogP contribution in [-0.4, -0.2) is 39.3 Å². The summed E-state index contributed by atoms with van der Waals surface area (Å²) in [6.07, 6.45) is -4.27. The van der Waals surface area contributed by atoms with Gasteiger partial charge in [-0.2, -0.15) is 13.2 Å². The number of nitrogens with one attached hydrogen (secondary N) is 1. The summed E-state index contributed by atoms with van der Waals surface area (Å²) in [7, 11) is 0. The SMILES string of the molecule is C=CCn1c(SCC(=O)N2c3ccccc3NC(=O)CC2C(F)(F)F)nc2ccccc2c1=O. The lowest BCUT2D eigenvalue weighted by Crippen LogP contribution is -2.50. The Balaban J connectivity index is 1.71. The lowest BCUT2D eigenvalue weighted by atomic mass is 10.1. The molecule has 0 bridgehead atoms. The maximum atomic E-state index is 13.9. The van der Waals surface area contributed by atoms with Gasteiger partial charge in [0.15, 0.2) is 5.16 Å². The summed E-state index contributed by atoms with van der Waals surface area (Å²) in [5, 5.41) is 2.98. The van der Waals surface area contributed by atoms with Crippen molar-refractivity contribution in [3.63, 3.8) is 0 Å². The van der Waals surface area contributed by atoms with Crippen molar-refractivity contribution in [1.29, 1.82) is 0 Å². The van der Waals surface area contributed by atoms with Crippen molar-refractivity contribution in [2.24, 2.45) is 0 Å². The van der Waals surface area contributed by atoms with Gasteiger partial charge in [0.2, 0.25) is 11.8 Å². The number of carbonyl (C=O) groups excluding carboxylic acids is 2. The number of hydrogen-bond acceptors (Lipinski definition) is 5. The van der Waals surface area contributed by atoms with Crippen LogP contribution < -0.4 is 15.8 Å². The summed E-state index contributed by atoms with van der Waals surface area (Å²) in [5.41, 5.74) is 0.135. The number of halogens is 3. The molecule has 1 unspecified atom stereocenters. The highest BCUT2D eigenvalue weighted by atomic mass is 32.2. The molecule has 34 heavy (non-hydrogen) atoms. The monoisotopic (exact) mass is 488 g/mol. The van der Waals surface area contributed by atoms with Crippen LogP contribution in [0, 0.1) is 0 Å². The second kappa shape index (κ2) is 9.34. The normalized spacial score (nSPS) is 16.0. The maximum absolute atomic E-state index is 13.9. The highest BCUT2D eigenvalue weighted by Crippen LogP contribution is 2.38. The van der Waals surface area contributed by atoms with Crippen molar-refractivity contribution < 1.29 is 22.8 Å². The van der Waals surface area contributed by atoms with Gasteiger partial charge in [0.05, 0.1) is 34.5 Å². The molecule has 1 aliphatic rings. The van der Waals surface area contributed by atoms with Gasteiger partial charge >= 0.3 is 6.18 Å². The first-order valence-electron chi connectivity index (χ1n) is 10.2. The number of nitrogens with zero attached hydrogens (tertiary/aromatic N) is 3. The van der Waals surface area contributed by atoms with Gasteiger partial charge in [0, 0.05) is 6.54 Å². The van der Waals surface area contributed by atoms with Crippen LogP contribution in [0.1, 0.15) is 6.42 Å². The summed E-state index contributed by atoms with van der Waals surface area (Å²) in [5.74, 6) is -2.14. The Labute approximate surface area is 196 Å². The molecule has 7 nitrogen and oxygen atoms in total. The molecule has 1 aromatic heterocycles. The molecule has 4 rings (SSSR count). The minimum absolute atomic E-state index is 0.0452. The first-order chi connectivity index (χ1) is 16.2. The van der Waals surface area contributed by atoms with Crippen LogP contribution in [0.15, 0.2) is 71.1 Å². The third kappa shape index (κ3) is 4.56. The minimum Gasteiger partial charge on any atom is -0.324 e. The molecule has 11 heteroatoms. The van der Waals surface area contributed by atoms with Crippen molar-refractivity contribution in [3.05, 3.63) is 71.5 Å². The molecular weight excluding hydrogens is 469 g/mol. The second-order valence-corrected chi connectivity index (χ2v) is 8.44. The number of benzene rings is 2. The standard InChI is InChI=1S/C23H19F3N4O3S/c1-2-11-29-21(33)14-7-3-4-8-15(14)28-22(29)34-13-20(32)30-17-10-6-5-9-16(17)27-19(31)12-18(30)23(24,25)26/h2-10,18H,1,11-13H2,(H,27,31). The van der Waals surface area contributed by atoms with Gasteiger partial charge in [0.25, 0.3) is 5.56 Å². The summed E-state index contributed by atoms with van der Waals surface area (Å²) in [6, 6.07) is 10.2. The van der Waals surface area contributed by atoms with E-state index in [2.05, 4.69) is 16.9 Å². The number of allylic oxidation sites excluding steroid dienone is 1. The predicted molar refractivity (Wildman–Crippen MR) is 124 cm³/mol. The van der Waals surface area contributed by atoms with Gasteiger partial charge in [-0.05, 0) is 24.3 Å². The average Bonchev–Trinajstić information content (AvgIpc) is 2.95. The van der Waals surface area contributed by atoms with E-state index in [1.165, 1.54) is 28.8 Å². The van der Waals surface area contributed by atoms with Gasteiger partial charge < -0.3 is 5.32 Å². The molecule has 3 aromatic rings. The van der Waals surface area contributed by atoms with Crippen LogP contribution in [0.2, 0.25) is 0 Å². The number of thioether (sulfide) groups is 1. The fraction of sp³-hybridized carbons (Fsp3) is 0.217. The quantitative estimate of drug-likeness (QED) is 0.334. The van der Waals surface area contributed by atoms with Crippen LogP contribution >= 0.6 is 11.8 Å². The first-order valence-corrected chi connectivity index (χ1v) is 11.2. The molecule has 0 aliphatic carbocycles. The summed E-state index contributed by atoms with van der Waals surface area (Å²) < 4.78 is 43.0. The van der Waals surface area contributed by atoms with Gasteiger partial charge in [-0.25, -0.2) is 4.98 Å². The van der Waals surface area contributed by atoms with Crippen molar-refractivity contribution in [1.82, 2.24) is 9.55 Å². The highest BCUT2D eigenvalue weighted by molar-refractivity contribution is 7.99. The molecule has 2 aromatic carbocycles. The number of fused-ring (bicyclic) bond motifs is 2. The van der Waals surface area contributed by atoms with E-state index in [1.807, 2.05) is 0 Å². The number of aromatic nitrogens is 2. The van der Waals surface area contributed by atoms with E-state index in [9.17, 15) is 27.6 Å². The van der Waals surface area contributed by atoms with E-state index in [0.717, 1.165) is 11.8 Å². The van der Waals surface area contributed by atoms with E-state index in [4.69, 9.17) is 0 Å². The predicted octanol–water partition coefficient (Wildman–Crippen LogP) is 3.98. The smallest absolute Gasteiger partial charge is 0.324 e. The topological polar surface area (TPSA) is 84.3 Å². The summed E-state index contributed by atoms with van der Waals surface area (Å²) >= 11 is 0.853. The highest BCUT2D eigenvalue weighted by Gasteiger charge is 2.48. The molecule has 1 atom stereocenters. The Morgan fingerprint density at radius 2 is 1.88 bits per heavy atom. The van der Waals surface area contributed by atoms with Gasteiger partial charge in [0.1, 0.15) is 6.04 Å². The maximum Gasteiger partial charge on any atom is 0.409 e. The Hall–Kier alpha value is -3.60. The zero-order valence-corrected chi connectivity index (χ0v) is 18.5. The Morgan fingerprint density at radius 1 is 1.18 bits per heavy atom. The fourth-order valence-electron chi connectivity index (χ4n) is 3.74. The van der Waals surface area contributed by atoms with Crippen molar-refractivity contribution >= 4 is 45.9 Å². The molecular formula is C23H19F3N4O3S. The Kier molecular flexibility index (Phi) is 6.47. The minimum atomic E-state index is -4.83. The van der Waals surface area contributed by atoms with Crippen LogP contribution in [0.5, 0.6) is 0 Å². The lowest BCUT2D eigenvalue weighted by molar-refractivity contribution is -0.157. The third-order valence-electron chi connectivity index (χ3n) is 5.24. The number of amides is 2.